The van der Waals surface area contributed by atoms with Crippen molar-refractivity contribution >= 4 is 33.4 Å². The Kier molecular flexibility index (Phi) is 3.66. The number of carbonyl (C=O) groups is 2. The molecule has 0 amide bonds. The Hall–Kier alpha value is -2.15. The number of hydrogen-bond donors (Lipinski definition) is 0. The van der Waals surface area contributed by atoms with Gasteiger partial charge in [0.2, 0.25) is 0 Å². The Bertz CT molecular complexity index is 696. The number of esters is 1. The fourth-order valence-corrected chi connectivity index (χ4v) is 2.27. The Morgan fingerprint density at radius 2 is 2.11 bits per heavy atom. The highest BCUT2D eigenvalue weighted by atomic mass is 32.1. The van der Waals surface area contributed by atoms with Crippen molar-refractivity contribution in [1.82, 2.24) is 0 Å². The van der Waals surface area contributed by atoms with Gasteiger partial charge in [-0.1, -0.05) is 11.3 Å². The van der Waals surface area contributed by atoms with Gasteiger partial charge in [-0.15, -0.1) is 0 Å². The molecule has 0 radical (unpaired) electrons. The molecule has 6 nitrogen and oxygen atoms in total. The van der Waals surface area contributed by atoms with E-state index in [1.807, 2.05) is 0 Å². The van der Waals surface area contributed by atoms with Crippen molar-refractivity contribution in [3.63, 3.8) is 0 Å². The van der Waals surface area contributed by atoms with E-state index in [-0.39, 0.29) is 23.5 Å². The van der Waals surface area contributed by atoms with Crippen molar-refractivity contribution in [3.8, 4) is 5.75 Å². The van der Waals surface area contributed by atoms with Crippen LogP contribution in [0, 0.1) is 0 Å². The van der Waals surface area contributed by atoms with Crippen LogP contribution in [-0.2, 0) is 9.53 Å². The molecule has 0 bridgehead atoms. The number of carbonyl (C=O) groups excluding carboxylic acids is 2. The van der Waals surface area contributed by atoms with E-state index in [0.717, 1.165) is 11.3 Å². The first-order valence-electron chi connectivity index (χ1n) is 5.40. The van der Waals surface area contributed by atoms with Crippen LogP contribution in [0.4, 0.5) is 0 Å². The fourth-order valence-electron chi connectivity index (χ4n) is 1.54. The monoisotopic (exact) mass is 282 g/mol. The zero-order valence-corrected chi connectivity index (χ0v) is 11.0. The van der Waals surface area contributed by atoms with E-state index in [0.29, 0.717) is 4.70 Å². The molecule has 1 heterocycles. The van der Waals surface area contributed by atoms with Gasteiger partial charge in [-0.2, -0.15) is 0 Å². The number of Topliss-reactive ketones (excluding diaryl/α,β-unsaturated/α-hetero) is 1. The normalized spacial score (nSPS) is 10.4. The van der Waals surface area contributed by atoms with E-state index in [2.05, 4.69) is 4.74 Å². The summed E-state index contributed by atoms with van der Waals surface area (Å²) in [5, 5.41) is 0. The molecule has 2 aromatic rings. The molecule has 0 fully saturated rings. The van der Waals surface area contributed by atoms with Crippen LogP contribution in [0.3, 0.4) is 0 Å². The van der Waals surface area contributed by atoms with Crippen LogP contribution in [0.15, 0.2) is 21.3 Å². The van der Waals surface area contributed by atoms with Crippen molar-refractivity contribution in [2.75, 3.05) is 13.7 Å². The largest absolute Gasteiger partial charge is 0.493 e. The summed E-state index contributed by atoms with van der Waals surface area (Å²) < 4.78 is 15.1. The van der Waals surface area contributed by atoms with Gasteiger partial charge in [0.1, 0.15) is 0 Å². The lowest BCUT2D eigenvalue weighted by atomic mass is 10.1. The van der Waals surface area contributed by atoms with E-state index >= 15 is 0 Å². The van der Waals surface area contributed by atoms with Gasteiger partial charge in [-0.3, -0.25) is 4.79 Å². The average Bonchev–Trinajstić information content (AvgIpc) is 2.77. The van der Waals surface area contributed by atoms with Gasteiger partial charge in [0.05, 0.1) is 18.4 Å². The van der Waals surface area contributed by atoms with Crippen LogP contribution in [0.1, 0.15) is 17.3 Å². The first kappa shape index (κ1) is 13.3. The quantitative estimate of drug-likeness (QED) is 0.481. The maximum atomic E-state index is 11.8. The summed E-state index contributed by atoms with van der Waals surface area (Å²) in [6.45, 7) is 1.72. The summed E-state index contributed by atoms with van der Waals surface area (Å²) in [4.78, 5) is 33.9. The van der Waals surface area contributed by atoms with Crippen LogP contribution >= 0.6 is 11.3 Å². The van der Waals surface area contributed by atoms with Crippen molar-refractivity contribution in [2.45, 2.75) is 6.92 Å². The van der Waals surface area contributed by atoms with Gasteiger partial charge in [-0.05, 0) is 19.1 Å². The van der Waals surface area contributed by atoms with Gasteiger partial charge in [0.25, 0.3) is 5.78 Å². The van der Waals surface area contributed by atoms with Crippen molar-refractivity contribution in [3.05, 3.63) is 27.4 Å². The zero-order valence-electron chi connectivity index (χ0n) is 10.2. The highest BCUT2D eigenvalue weighted by Gasteiger charge is 2.21. The molecule has 1 aromatic heterocycles. The highest BCUT2D eigenvalue weighted by molar-refractivity contribution is 7.16. The van der Waals surface area contributed by atoms with E-state index in [1.165, 1.54) is 19.2 Å². The molecule has 0 unspecified atom stereocenters. The van der Waals surface area contributed by atoms with Crippen LogP contribution in [0.25, 0.3) is 10.3 Å². The molecule has 7 heteroatoms. The number of benzene rings is 1. The molecule has 100 valence electrons. The van der Waals surface area contributed by atoms with E-state index in [9.17, 15) is 14.4 Å². The standard InChI is InChI=1S/C12H10O6S/c1-3-17-11(14)9(13)6-4-7(16-2)10-8(5-6)19-12(15)18-10/h4-5H,3H2,1-2H3. The highest BCUT2D eigenvalue weighted by Crippen LogP contribution is 2.29. The first-order valence-corrected chi connectivity index (χ1v) is 6.21. The number of rotatable bonds is 4. The molecule has 0 atom stereocenters. The summed E-state index contributed by atoms with van der Waals surface area (Å²) in [7, 11) is 1.38. The Labute approximate surface area is 111 Å². The molecule has 0 saturated carbocycles. The Morgan fingerprint density at radius 3 is 2.74 bits per heavy atom. The molecular weight excluding hydrogens is 272 g/mol. The van der Waals surface area contributed by atoms with Crippen LogP contribution in [0.2, 0.25) is 0 Å². The molecule has 0 aliphatic carbocycles. The number of ether oxygens (including phenoxy) is 2. The predicted molar refractivity (Wildman–Crippen MR) is 67.9 cm³/mol. The summed E-state index contributed by atoms with van der Waals surface area (Å²) in [5.74, 6) is -1.51. The van der Waals surface area contributed by atoms with Gasteiger partial charge in [0.15, 0.2) is 11.3 Å². The summed E-state index contributed by atoms with van der Waals surface area (Å²) in [6, 6.07) is 2.75. The average molecular weight is 282 g/mol. The third-order valence-corrected chi connectivity index (χ3v) is 3.12. The van der Waals surface area contributed by atoms with Crippen molar-refractivity contribution in [1.29, 1.82) is 0 Å². The Morgan fingerprint density at radius 1 is 1.37 bits per heavy atom. The summed E-state index contributed by atoms with van der Waals surface area (Å²) in [5.41, 5.74) is 0.359. The molecule has 0 saturated heterocycles. The fraction of sp³-hybridized carbons (Fsp3) is 0.250. The summed E-state index contributed by atoms with van der Waals surface area (Å²) >= 11 is 0.832. The number of hydrogen-bond acceptors (Lipinski definition) is 7. The van der Waals surface area contributed by atoms with E-state index < -0.39 is 16.7 Å². The third-order valence-electron chi connectivity index (χ3n) is 2.34. The molecule has 2 rings (SSSR count). The Balaban J connectivity index is 2.53. The molecular formula is C12H10O6S. The molecule has 1 aromatic carbocycles. The lowest BCUT2D eigenvalue weighted by molar-refractivity contribution is -0.137. The predicted octanol–water partition coefficient (Wildman–Crippen LogP) is 1.61. The smallest absolute Gasteiger partial charge is 0.396 e. The second-order valence-corrected chi connectivity index (χ2v) is 4.49. The third kappa shape index (κ3) is 2.50. The topological polar surface area (TPSA) is 82.8 Å². The number of methoxy groups -OCH3 is 1. The summed E-state index contributed by atoms with van der Waals surface area (Å²) in [6.07, 6.45) is 0. The second-order valence-electron chi connectivity index (χ2n) is 3.51. The number of ketones is 1. The number of fused-ring (bicyclic) bond motifs is 1. The minimum atomic E-state index is -0.945. The molecule has 0 aliphatic rings. The van der Waals surface area contributed by atoms with Crippen molar-refractivity contribution < 1.29 is 23.5 Å². The molecule has 19 heavy (non-hydrogen) atoms. The first-order chi connectivity index (χ1) is 9.06. The lowest BCUT2D eigenvalue weighted by Crippen LogP contribution is -2.17. The minimum Gasteiger partial charge on any atom is -0.493 e. The van der Waals surface area contributed by atoms with Gasteiger partial charge in [-0.25, -0.2) is 9.59 Å². The van der Waals surface area contributed by atoms with Crippen LogP contribution in [-0.4, -0.2) is 25.5 Å². The van der Waals surface area contributed by atoms with Crippen molar-refractivity contribution in [2.24, 2.45) is 0 Å². The van der Waals surface area contributed by atoms with E-state index in [4.69, 9.17) is 9.15 Å². The molecule has 0 spiro atoms. The zero-order chi connectivity index (χ0) is 14.0. The lowest BCUT2D eigenvalue weighted by Gasteiger charge is -2.04. The van der Waals surface area contributed by atoms with Gasteiger partial charge < -0.3 is 13.9 Å². The minimum absolute atomic E-state index is 0.0971. The van der Waals surface area contributed by atoms with Crippen LogP contribution in [0.5, 0.6) is 5.75 Å². The maximum absolute atomic E-state index is 11.8. The van der Waals surface area contributed by atoms with E-state index in [1.54, 1.807) is 6.92 Å². The SMILES string of the molecule is CCOC(=O)C(=O)c1cc(OC)c2oc(=O)sc2c1. The second kappa shape index (κ2) is 5.23. The van der Waals surface area contributed by atoms with Gasteiger partial charge in [0, 0.05) is 5.56 Å². The van der Waals surface area contributed by atoms with Crippen LogP contribution < -0.4 is 9.68 Å². The van der Waals surface area contributed by atoms with Gasteiger partial charge >= 0.3 is 10.9 Å². The molecule has 0 N–H and O–H groups in total. The maximum Gasteiger partial charge on any atom is 0.396 e. The molecule has 0 aliphatic heterocycles.